The molecule has 0 aliphatic heterocycles. The van der Waals surface area contributed by atoms with E-state index in [1.165, 1.54) is 18.2 Å². The monoisotopic (exact) mass is 284 g/mol. The summed E-state index contributed by atoms with van der Waals surface area (Å²) < 4.78 is 18.3. The van der Waals surface area contributed by atoms with Gasteiger partial charge in [-0.15, -0.1) is 0 Å². The zero-order valence-corrected chi connectivity index (χ0v) is 11.9. The molecule has 0 radical (unpaired) electrons. The van der Waals surface area contributed by atoms with E-state index in [4.69, 9.17) is 22.7 Å². The summed E-state index contributed by atoms with van der Waals surface area (Å²) in [5.41, 5.74) is 5.78. The maximum Gasteiger partial charge on any atom is 0.412 e. The second kappa shape index (κ2) is 5.97. The Morgan fingerprint density at radius 3 is 2.63 bits per heavy atom. The van der Waals surface area contributed by atoms with Gasteiger partial charge in [0, 0.05) is 12.1 Å². The van der Waals surface area contributed by atoms with E-state index >= 15 is 0 Å². The normalized spacial score (nSPS) is 10.9. The topological polar surface area (TPSA) is 64.3 Å². The van der Waals surface area contributed by atoms with Gasteiger partial charge < -0.3 is 10.5 Å². The van der Waals surface area contributed by atoms with Gasteiger partial charge in [-0.1, -0.05) is 12.2 Å². The number of anilines is 1. The average Bonchev–Trinajstić information content (AvgIpc) is 2.18. The van der Waals surface area contributed by atoms with Gasteiger partial charge in [-0.2, -0.15) is 0 Å². The Morgan fingerprint density at radius 1 is 1.47 bits per heavy atom. The summed E-state index contributed by atoms with van der Waals surface area (Å²) >= 11 is 4.79. The smallest absolute Gasteiger partial charge is 0.412 e. The Labute approximate surface area is 117 Å². The highest BCUT2D eigenvalue weighted by molar-refractivity contribution is 7.80. The van der Waals surface area contributed by atoms with Gasteiger partial charge in [-0.25, -0.2) is 9.18 Å². The Hall–Kier alpha value is -1.69. The third-order valence-corrected chi connectivity index (χ3v) is 2.21. The number of halogens is 1. The van der Waals surface area contributed by atoms with Crippen LogP contribution in [0.15, 0.2) is 18.2 Å². The molecule has 1 rings (SSSR count). The minimum atomic E-state index is -0.608. The van der Waals surface area contributed by atoms with E-state index in [-0.39, 0.29) is 11.4 Å². The largest absolute Gasteiger partial charge is 0.444 e. The van der Waals surface area contributed by atoms with Crippen molar-refractivity contribution in [3.63, 3.8) is 0 Å². The SMILES string of the molecule is CC(C)(C)OC(=O)Nc1ccc(F)cc1CC(N)=S. The molecule has 0 spiro atoms. The molecule has 0 heterocycles. The molecule has 0 unspecified atom stereocenters. The number of benzene rings is 1. The minimum Gasteiger partial charge on any atom is -0.444 e. The van der Waals surface area contributed by atoms with E-state index in [1.807, 2.05) is 0 Å². The average molecular weight is 284 g/mol. The second-order valence-corrected chi connectivity index (χ2v) is 5.60. The number of nitrogens with two attached hydrogens (primary N) is 1. The first-order valence-corrected chi connectivity index (χ1v) is 6.15. The summed E-state index contributed by atoms with van der Waals surface area (Å²) in [4.78, 5) is 11.9. The van der Waals surface area contributed by atoms with Crippen LogP contribution in [0.3, 0.4) is 0 Å². The highest BCUT2D eigenvalue weighted by atomic mass is 32.1. The van der Waals surface area contributed by atoms with Crippen LogP contribution in [0.25, 0.3) is 0 Å². The van der Waals surface area contributed by atoms with E-state index in [0.717, 1.165) is 0 Å². The number of nitrogens with one attached hydrogen (secondary N) is 1. The van der Waals surface area contributed by atoms with Crippen LogP contribution >= 0.6 is 12.2 Å². The summed E-state index contributed by atoms with van der Waals surface area (Å²) in [6.45, 7) is 5.27. The molecule has 0 fully saturated rings. The van der Waals surface area contributed by atoms with Gasteiger partial charge in [0.05, 0.1) is 4.99 Å². The summed E-state index contributed by atoms with van der Waals surface area (Å²) in [5.74, 6) is -0.416. The summed E-state index contributed by atoms with van der Waals surface area (Å²) in [5, 5.41) is 2.56. The molecular formula is C13H17FN2O2S. The third kappa shape index (κ3) is 5.65. The van der Waals surface area contributed by atoms with Crippen LogP contribution in [0.1, 0.15) is 26.3 Å². The fourth-order valence-corrected chi connectivity index (χ4v) is 1.59. The van der Waals surface area contributed by atoms with Gasteiger partial charge in [0.2, 0.25) is 0 Å². The molecule has 19 heavy (non-hydrogen) atoms. The van der Waals surface area contributed by atoms with Crippen LogP contribution in [0, 0.1) is 5.82 Å². The van der Waals surface area contributed by atoms with Crippen molar-refractivity contribution in [1.82, 2.24) is 0 Å². The van der Waals surface area contributed by atoms with Crippen LogP contribution in [-0.4, -0.2) is 16.7 Å². The lowest BCUT2D eigenvalue weighted by Crippen LogP contribution is -2.27. The lowest BCUT2D eigenvalue weighted by Gasteiger charge is -2.20. The number of carbonyl (C=O) groups excluding carboxylic acids is 1. The van der Waals surface area contributed by atoms with Crippen molar-refractivity contribution in [3.8, 4) is 0 Å². The minimum absolute atomic E-state index is 0.207. The molecule has 1 aromatic rings. The Morgan fingerprint density at radius 2 is 2.11 bits per heavy atom. The van der Waals surface area contributed by atoms with Gasteiger partial charge in [-0.3, -0.25) is 5.32 Å². The first-order chi connectivity index (χ1) is 8.67. The zero-order valence-electron chi connectivity index (χ0n) is 11.1. The first-order valence-electron chi connectivity index (χ1n) is 5.74. The fourth-order valence-electron chi connectivity index (χ4n) is 1.43. The van der Waals surface area contributed by atoms with E-state index in [9.17, 15) is 9.18 Å². The molecule has 0 aliphatic carbocycles. The third-order valence-electron chi connectivity index (χ3n) is 2.07. The molecule has 6 heteroatoms. The molecule has 0 bridgehead atoms. The van der Waals surface area contributed by atoms with Crippen molar-refractivity contribution in [2.45, 2.75) is 32.8 Å². The van der Waals surface area contributed by atoms with E-state index < -0.39 is 17.5 Å². The van der Waals surface area contributed by atoms with Crippen molar-refractivity contribution in [3.05, 3.63) is 29.6 Å². The van der Waals surface area contributed by atoms with Crippen LogP contribution < -0.4 is 11.1 Å². The predicted molar refractivity (Wildman–Crippen MR) is 76.7 cm³/mol. The predicted octanol–water partition coefficient (Wildman–Crippen LogP) is 3.00. The molecule has 0 atom stereocenters. The number of carbonyl (C=O) groups is 1. The van der Waals surface area contributed by atoms with E-state index in [2.05, 4.69) is 5.32 Å². The second-order valence-electron chi connectivity index (χ2n) is 5.07. The lowest BCUT2D eigenvalue weighted by atomic mass is 10.1. The van der Waals surface area contributed by atoms with Crippen molar-refractivity contribution in [2.75, 3.05) is 5.32 Å². The Balaban J connectivity index is 2.88. The van der Waals surface area contributed by atoms with Gasteiger partial charge in [0.25, 0.3) is 0 Å². The maximum absolute atomic E-state index is 13.2. The number of amides is 1. The molecule has 4 nitrogen and oxygen atoms in total. The molecule has 0 saturated carbocycles. The van der Waals surface area contributed by atoms with Crippen LogP contribution in [-0.2, 0) is 11.2 Å². The van der Waals surface area contributed by atoms with E-state index in [1.54, 1.807) is 20.8 Å². The Bertz CT molecular complexity index is 498. The van der Waals surface area contributed by atoms with Crippen molar-refractivity contribution >= 4 is 29.0 Å². The van der Waals surface area contributed by atoms with Crippen molar-refractivity contribution < 1.29 is 13.9 Å². The molecule has 1 aromatic carbocycles. The van der Waals surface area contributed by atoms with Gasteiger partial charge in [-0.05, 0) is 44.5 Å². The van der Waals surface area contributed by atoms with Gasteiger partial charge in [0.1, 0.15) is 11.4 Å². The van der Waals surface area contributed by atoms with Crippen molar-refractivity contribution in [1.29, 1.82) is 0 Å². The summed E-state index contributed by atoms with van der Waals surface area (Å²) in [7, 11) is 0. The molecule has 1 amide bonds. The fraction of sp³-hybridized carbons (Fsp3) is 0.385. The van der Waals surface area contributed by atoms with Gasteiger partial charge in [0.15, 0.2) is 0 Å². The Kier molecular flexibility index (Phi) is 4.83. The zero-order chi connectivity index (χ0) is 14.6. The summed E-state index contributed by atoms with van der Waals surface area (Å²) in [6, 6.07) is 3.98. The molecule has 0 saturated heterocycles. The number of hydrogen-bond acceptors (Lipinski definition) is 3. The number of ether oxygens (including phenoxy) is 1. The van der Waals surface area contributed by atoms with Crippen LogP contribution in [0.2, 0.25) is 0 Å². The molecule has 104 valence electrons. The number of rotatable bonds is 3. The van der Waals surface area contributed by atoms with Crippen LogP contribution in [0.4, 0.5) is 14.9 Å². The highest BCUT2D eigenvalue weighted by Crippen LogP contribution is 2.19. The van der Waals surface area contributed by atoms with Crippen LogP contribution in [0.5, 0.6) is 0 Å². The van der Waals surface area contributed by atoms with Gasteiger partial charge >= 0.3 is 6.09 Å². The molecule has 0 aromatic heterocycles. The quantitative estimate of drug-likeness (QED) is 0.837. The standard InChI is InChI=1S/C13H17FN2O2S/c1-13(2,3)18-12(17)16-10-5-4-9(14)6-8(10)7-11(15)19/h4-6H,7H2,1-3H3,(H2,15,19)(H,16,17). The van der Waals surface area contributed by atoms with E-state index in [0.29, 0.717) is 11.3 Å². The molecule has 0 aliphatic rings. The molecule has 3 N–H and O–H groups in total. The van der Waals surface area contributed by atoms with Crippen molar-refractivity contribution in [2.24, 2.45) is 5.73 Å². The number of hydrogen-bond donors (Lipinski definition) is 2. The maximum atomic E-state index is 13.2. The number of thiocarbonyl (C=S) groups is 1. The lowest BCUT2D eigenvalue weighted by molar-refractivity contribution is 0.0636. The highest BCUT2D eigenvalue weighted by Gasteiger charge is 2.17. The molecular weight excluding hydrogens is 267 g/mol. The summed E-state index contributed by atoms with van der Waals surface area (Å²) in [6.07, 6.45) is -0.401. The first kappa shape index (κ1) is 15.4.